The zero-order valence-corrected chi connectivity index (χ0v) is 15.7. The molecule has 6 nitrogen and oxygen atoms in total. The van der Waals surface area contributed by atoms with Gasteiger partial charge in [-0.05, 0) is 68.3 Å². The molecule has 0 saturated heterocycles. The summed E-state index contributed by atoms with van der Waals surface area (Å²) in [7, 11) is 0. The minimum Gasteiger partial charge on any atom is -0.374 e. The number of nitrogens with zero attached hydrogens (tertiary/aromatic N) is 1. The van der Waals surface area contributed by atoms with Crippen molar-refractivity contribution in [2.75, 3.05) is 22.1 Å². The number of ketones is 1. The van der Waals surface area contributed by atoms with Crippen LogP contribution in [-0.2, 0) is 16.0 Å². The number of carbonyl (C=O) groups excluding carboxylic acids is 3. The van der Waals surface area contributed by atoms with Crippen molar-refractivity contribution in [2.24, 2.45) is 0 Å². The monoisotopic (exact) mass is 365 g/mol. The fourth-order valence-electron chi connectivity index (χ4n) is 3.17. The zero-order chi connectivity index (χ0) is 19.6. The highest BCUT2D eigenvalue weighted by atomic mass is 16.2. The van der Waals surface area contributed by atoms with Gasteiger partial charge in [-0.25, -0.2) is 0 Å². The third-order valence-corrected chi connectivity index (χ3v) is 4.69. The van der Waals surface area contributed by atoms with Gasteiger partial charge in [0.1, 0.15) is 6.04 Å². The smallest absolute Gasteiger partial charge is 0.246 e. The fourth-order valence-corrected chi connectivity index (χ4v) is 3.17. The SMILES string of the molecule is CC(=O)c1ccc(NC(=O)[C@@H](C)Nc2ccc3c(c2)CCN3C(C)=O)cc1. The summed E-state index contributed by atoms with van der Waals surface area (Å²) < 4.78 is 0. The van der Waals surface area contributed by atoms with Crippen molar-refractivity contribution >= 4 is 34.7 Å². The molecule has 140 valence electrons. The summed E-state index contributed by atoms with van der Waals surface area (Å²) in [6, 6.07) is 12.2. The van der Waals surface area contributed by atoms with Crippen molar-refractivity contribution in [3.63, 3.8) is 0 Å². The molecule has 2 aromatic carbocycles. The molecule has 27 heavy (non-hydrogen) atoms. The number of amides is 2. The molecular formula is C21H23N3O3. The molecule has 0 spiro atoms. The van der Waals surface area contributed by atoms with Gasteiger partial charge in [0.25, 0.3) is 0 Å². The Kier molecular flexibility index (Phi) is 5.26. The molecule has 0 radical (unpaired) electrons. The van der Waals surface area contributed by atoms with Crippen LogP contribution in [0.1, 0.15) is 36.7 Å². The minimum absolute atomic E-state index is 0.0112. The van der Waals surface area contributed by atoms with Gasteiger partial charge in [0.05, 0.1) is 0 Å². The van der Waals surface area contributed by atoms with E-state index in [0.29, 0.717) is 17.8 Å². The van der Waals surface area contributed by atoms with E-state index in [-0.39, 0.29) is 17.6 Å². The van der Waals surface area contributed by atoms with Gasteiger partial charge in [-0.3, -0.25) is 14.4 Å². The molecule has 0 aliphatic carbocycles. The number of carbonyl (C=O) groups is 3. The Morgan fingerprint density at radius 3 is 2.30 bits per heavy atom. The van der Waals surface area contributed by atoms with Crippen molar-refractivity contribution < 1.29 is 14.4 Å². The van der Waals surface area contributed by atoms with Crippen molar-refractivity contribution in [1.82, 2.24) is 0 Å². The van der Waals surface area contributed by atoms with Gasteiger partial charge in [-0.2, -0.15) is 0 Å². The predicted molar refractivity (Wildman–Crippen MR) is 106 cm³/mol. The van der Waals surface area contributed by atoms with Crippen LogP contribution in [0.15, 0.2) is 42.5 Å². The van der Waals surface area contributed by atoms with Crippen LogP contribution >= 0.6 is 0 Å². The maximum absolute atomic E-state index is 12.4. The van der Waals surface area contributed by atoms with Crippen LogP contribution < -0.4 is 15.5 Å². The van der Waals surface area contributed by atoms with Crippen LogP contribution in [-0.4, -0.2) is 30.2 Å². The van der Waals surface area contributed by atoms with E-state index in [1.54, 1.807) is 43.0 Å². The number of anilines is 3. The summed E-state index contributed by atoms with van der Waals surface area (Å²) >= 11 is 0. The van der Waals surface area contributed by atoms with Crippen molar-refractivity contribution in [3.8, 4) is 0 Å². The van der Waals surface area contributed by atoms with Crippen LogP contribution in [0.4, 0.5) is 17.1 Å². The third kappa shape index (κ3) is 4.16. The van der Waals surface area contributed by atoms with Gasteiger partial charge in [0.15, 0.2) is 5.78 Å². The number of rotatable bonds is 5. The number of hydrogen-bond donors (Lipinski definition) is 2. The molecule has 2 N–H and O–H groups in total. The molecule has 0 bridgehead atoms. The molecule has 1 heterocycles. The second-order valence-corrected chi connectivity index (χ2v) is 6.75. The second kappa shape index (κ2) is 7.61. The van der Waals surface area contributed by atoms with Gasteiger partial charge < -0.3 is 15.5 Å². The van der Waals surface area contributed by atoms with Gasteiger partial charge in [0.2, 0.25) is 11.8 Å². The van der Waals surface area contributed by atoms with Crippen molar-refractivity contribution in [1.29, 1.82) is 0 Å². The maximum atomic E-state index is 12.4. The highest BCUT2D eigenvalue weighted by Crippen LogP contribution is 2.30. The summed E-state index contributed by atoms with van der Waals surface area (Å²) in [6.45, 7) is 5.55. The van der Waals surface area contributed by atoms with E-state index in [1.165, 1.54) is 6.92 Å². The number of Topliss-reactive ketones (excluding diaryl/α,β-unsaturated/α-hetero) is 1. The van der Waals surface area contributed by atoms with Crippen LogP contribution in [0.25, 0.3) is 0 Å². The highest BCUT2D eigenvalue weighted by Gasteiger charge is 2.22. The molecule has 1 aliphatic heterocycles. The predicted octanol–water partition coefficient (Wildman–Crippen LogP) is 3.24. The first-order chi connectivity index (χ1) is 12.8. The molecule has 1 atom stereocenters. The Bertz CT molecular complexity index is 890. The van der Waals surface area contributed by atoms with E-state index >= 15 is 0 Å². The molecular weight excluding hydrogens is 342 g/mol. The number of nitrogens with one attached hydrogen (secondary N) is 2. The largest absolute Gasteiger partial charge is 0.374 e. The maximum Gasteiger partial charge on any atom is 0.246 e. The molecule has 3 rings (SSSR count). The van der Waals surface area contributed by atoms with E-state index in [4.69, 9.17) is 0 Å². The first kappa shape index (κ1) is 18.6. The van der Waals surface area contributed by atoms with E-state index in [0.717, 1.165) is 23.4 Å². The third-order valence-electron chi connectivity index (χ3n) is 4.69. The summed E-state index contributed by atoms with van der Waals surface area (Å²) in [4.78, 5) is 37.1. The van der Waals surface area contributed by atoms with Crippen molar-refractivity contribution in [3.05, 3.63) is 53.6 Å². The standard InChI is InChI=1S/C21H23N3O3/c1-13(21(27)23-18-6-4-16(5-7-18)14(2)25)22-19-8-9-20-17(12-19)10-11-24(20)15(3)26/h4-9,12-13,22H,10-11H2,1-3H3,(H,23,27)/t13-/m1/s1. The summed E-state index contributed by atoms with van der Waals surface area (Å²) in [6.07, 6.45) is 0.813. The number of fused-ring (bicyclic) bond motifs is 1. The average molecular weight is 365 g/mol. The van der Waals surface area contributed by atoms with E-state index < -0.39 is 6.04 Å². The topological polar surface area (TPSA) is 78.5 Å². The molecule has 0 aromatic heterocycles. The lowest BCUT2D eigenvalue weighted by atomic mass is 10.1. The van der Waals surface area contributed by atoms with Gasteiger partial charge >= 0.3 is 0 Å². The minimum atomic E-state index is -0.444. The Labute approximate surface area is 158 Å². The second-order valence-electron chi connectivity index (χ2n) is 6.75. The van der Waals surface area contributed by atoms with Crippen LogP contribution in [0.3, 0.4) is 0 Å². The van der Waals surface area contributed by atoms with Gasteiger partial charge in [-0.1, -0.05) is 0 Å². The molecule has 2 aromatic rings. The molecule has 1 aliphatic rings. The number of benzene rings is 2. The molecule has 2 amide bonds. The fraction of sp³-hybridized carbons (Fsp3) is 0.286. The number of hydrogen-bond acceptors (Lipinski definition) is 4. The quantitative estimate of drug-likeness (QED) is 0.798. The Morgan fingerprint density at radius 2 is 1.67 bits per heavy atom. The van der Waals surface area contributed by atoms with E-state index in [1.807, 2.05) is 18.2 Å². The zero-order valence-electron chi connectivity index (χ0n) is 15.7. The van der Waals surface area contributed by atoms with Crippen LogP contribution in [0.2, 0.25) is 0 Å². The van der Waals surface area contributed by atoms with Crippen LogP contribution in [0.5, 0.6) is 0 Å². The molecule has 0 saturated carbocycles. The first-order valence-corrected chi connectivity index (χ1v) is 8.94. The van der Waals surface area contributed by atoms with E-state index in [9.17, 15) is 14.4 Å². The normalized spacial score (nSPS) is 13.7. The average Bonchev–Trinajstić information content (AvgIpc) is 3.05. The Hall–Kier alpha value is -3.15. The summed E-state index contributed by atoms with van der Waals surface area (Å²) in [5, 5.41) is 6.03. The summed E-state index contributed by atoms with van der Waals surface area (Å²) in [5.74, 6) is -0.141. The first-order valence-electron chi connectivity index (χ1n) is 8.94. The van der Waals surface area contributed by atoms with Gasteiger partial charge in [-0.15, -0.1) is 0 Å². The lowest BCUT2D eigenvalue weighted by Crippen LogP contribution is -2.31. The summed E-state index contributed by atoms with van der Waals surface area (Å²) in [5.41, 5.74) is 4.13. The lowest BCUT2D eigenvalue weighted by molar-refractivity contribution is -0.117. The molecule has 0 unspecified atom stereocenters. The highest BCUT2D eigenvalue weighted by molar-refractivity contribution is 5.98. The lowest BCUT2D eigenvalue weighted by Gasteiger charge is -2.18. The molecule has 6 heteroatoms. The Balaban J connectivity index is 1.63. The van der Waals surface area contributed by atoms with Crippen LogP contribution in [0, 0.1) is 0 Å². The molecule has 0 fully saturated rings. The van der Waals surface area contributed by atoms with E-state index in [2.05, 4.69) is 10.6 Å². The van der Waals surface area contributed by atoms with Gasteiger partial charge in [0, 0.05) is 36.1 Å². The van der Waals surface area contributed by atoms with Crippen molar-refractivity contribution in [2.45, 2.75) is 33.2 Å². The Morgan fingerprint density at radius 1 is 1.00 bits per heavy atom.